The van der Waals surface area contributed by atoms with E-state index in [-0.39, 0.29) is 5.60 Å². The van der Waals surface area contributed by atoms with E-state index in [4.69, 9.17) is 4.74 Å². The van der Waals surface area contributed by atoms with Gasteiger partial charge in [0.25, 0.3) is 0 Å². The molecular formula is C17H21BrN2O. The third kappa shape index (κ3) is 5.86. The van der Waals surface area contributed by atoms with E-state index >= 15 is 0 Å². The van der Waals surface area contributed by atoms with Crippen molar-refractivity contribution in [2.24, 2.45) is 0 Å². The number of nitrogens with zero attached hydrogens (tertiary/aromatic N) is 1. The molecule has 0 atom stereocenters. The van der Waals surface area contributed by atoms with Crippen molar-refractivity contribution < 1.29 is 4.74 Å². The topological polar surface area (TPSA) is 34.1 Å². The number of hydrogen-bond donors (Lipinski definition) is 1. The summed E-state index contributed by atoms with van der Waals surface area (Å²) in [6, 6.07) is 12.4. The molecule has 21 heavy (non-hydrogen) atoms. The molecule has 0 saturated heterocycles. The number of halogens is 1. The summed E-state index contributed by atoms with van der Waals surface area (Å²) in [5, 5.41) is 3.31. The van der Waals surface area contributed by atoms with Crippen molar-refractivity contribution in [3.63, 3.8) is 0 Å². The molecule has 1 aromatic carbocycles. The van der Waals surface area contributed by atoms with E-state index in [9.17, 15) is 0 Å². The van der Waals surface area contributed by atoms with Gasteiger partial charge in [0, 0.05) is 17.2 Å². The van der Waals surface area contributed by atoms with Crippen LogP contribution < -0.4 is 5.32 Å². The van der Waals surface area contributed by atoms with Gasteiger partial charge in [0.15, 0.2) is 0 Å². The van der Waals surface area contributed by atoms with Crippen molar-refractivity contribution >= 4 is 21.7 Å². The molecule has 0 fully saturated rings. The highest BCUT2D eigenvalue weighted by molar-refractivity contribution is 9.10. The predicted molar refractivity (Wildman–Crippen MR) is 90.2 cm³/mol. The molecule has 0 saturated carbocycles. The smallest absolute Gasteiger partial charge is 0.126 e. The summed E-state index contributed by atoms with van der Waals surface area (Å²) >= 11 is 3.38. The van der Waals surface area contributed by atoms with Crippen LogP contribution >= 0.6 is 15.9 Å². The first kappa shape index (κ1) is 16.0. The fourth-order valence-corrected chi connectivity index (χ4v) is 2.04. The summed E-state index contributed by atoms with van der Waals surface area (Å²) in [7, 11) is 0. The highest BCUT2D eigenvalue weighted by atomic mass is 79.9. The van der Waals surface area contributed by atoms with Crippen molar-refractivity contribution in [1.82, 2.24) is 4.98 Å². The van der Waals surface area contributed by atoms with Gasteiger partial charge in [-0.25, -0.2) is 4.98 Å². The Hall–Kier alpha value is -1.39. The zero-order chi connectivity index (χ0) is 15.3. The van der Waals surface area contributed by atoms with Gasteiger partial charge < -0.3 is 10.1 Å². The maximum absolute atomic E-state index is 5.81. The van der Waals surface area contributed by atoms with Crippen molar-refractivity contribution in [2.45, 2.75) is 39.5 Å². The molecule has 0 unspecified atom stereocenters. The summed E-state index contributed by atoms with van der Waals surface area (Å²) in [5.41, 5.74) is 2.29. The number of rotatable bonds is 5. The molecule has 0 amide bonds. The van der Waals surface area contributed by atoms with Gasteiger partial charge in [0.05, 0.1) is 12.2 Å². The molecule has 0 aliphatic rings. The summed E-state index contributed by atoms with van der Waals surface area (Å²) in [6.07, 6.45) is 1.79. The number of hydrogen-bond acceptors (Lipinski definition) is 3. The standard InChI is InChI=1S/C17H21BrN2O/c1-17(2,3)21-12-14-6-4-5-13(9-14)10-19-16-8-7-15(18)11-20-16/h4-9,11H,10,12H2,1-3H3,(H,19,20). The first-order valence-electron chi connectivity index (χ1n) is 6.99. The van der Waals surface area contributed by atoms with Crippen molar-refractivity contribution in [2.75, 3.05) is 5.32 Å². The quantitative estimate of drug-likeness (QED) is 0.844. The molecular weight excluding hydrogens is 328 g/mol. The second-order valence-corrected chi connectivity index (χ2v) is 6.85. The number of nitrogens with one attached hydrogen (secondary N) is 1. The average Bonchev–Trinajstić information content (AvgIpc) is 2.44. The highest BCUT2D eigenvalue weighted by Crippen LogP contribution is 2.15. The lowest BCUT2D eigenvalue weighted by Gasteiger charge is -2.19. The number of anilines is 1. The zero-order valence-electron chi connectivity index (χ0n) is 12.7. The number of pyridine rings is 1. The average molecular weight is 349 g/mol. The van der Waals surface area contributed by atoms with Gasteiger partial charge in [-0.15, -0.1) is 0 Å². The normalized spacial score (nSPS) is 11.4. The maximum atomic E-state index is 5.81. The molecule has 1 aromatic heterocycles. The Labute approximate surface area is 134 Å². The predicted octanol–water partition coefficient (Wildman–Crippen LogP) is 4.77. The van der Waals surface area contributed by atoms with E-state index in [0.717, 1.165) is 16.8 Å². The molecule has 1 heterocycles. The summed E-state index contributed by atoms with van der Waals surface area (Å²) in [5.74, 6) is 0.870. The first-order chi connectivity index (χ1) is 9.92. The minimum absolute atomic E-state index is 0.115. The molecule has 0 radical (unpaired) electrons. The van der Waals surface area contributed by atoms with Crippen LogP contribution in [-0.4, -0.2) is 10.6 Å². The first-order valence-corrected chi connectivity index (χ1v) is 7.79. The third-order valence-electron chi connectivity index (χ3n) is 2.86. The van der Waals surface area contributed by atoms with Crippen molar-refractivity contribution in [3.8, 4) is 0 Å². The van der Waals surface area contributed by atoms with Crippen LogP contribution in [0.15, 0.2) is 47.1 Å². The van der Waals surface area contributed by atoms with Crippen LogP contribution in [0.3, 0.4) is 0 Å². The van der Waals surface area contributed by atoms with Gasteiger partial charge in [-0.05, 0) is 60.0 Å². The summed E-state index contributed by atoms with van der Waals surface area (Å²) < 4.78 is 6.79. The molecule has 4 heteroatoms. The lowest BCUT2D eigenvalue weighted by atomic mass is 10.1. The maximum Gasteiger partial charge on any atom is 0.126 e. The van der Waals surface area contributed by atoms with Gasteiger partial charge in [-0.2, -0.15) is 0 Å². The largest absolute Gasteiger partial charge is 0.371 e. The van der Waals surface area contributed by atoms with Gasteiger partial charge in [0.1, 0.15) is 5.82 Å². The lowest BCUT2D eigenvalue weighted by molar-refractivity contribution is -0.0149. The van der Waals surface area contributed by atoms with Crippen molar-refractivity contribution in [3.05, 3.63) is 58.2 Å². The van der Waals surface area contributed by atoms with Crippen LogP contribution in [0.5, 0.6) is 0 Å². The Morgan fingerprint density at radius 1 is 1.14 bits per heavy atom. The van der Waals surface area contributed by atoms with E-state index in [1.54, 1.807) is 6.20 Å². The summed E-state index contributed by atoms with van der Waals surface area (Å²) in [4.78, 5) is 4.30. The fourth-order valence-electron chi connectivity index (χ4n) is 1.80. The second-order valence-electron chi connectivity index (χ2n) is 5.94. The third-order valence-corrected chi connectivity index (χ3v) is 3.33. The Morgan fingerprint density at radius 2 is 1.90 bits per heavy atom. The minimum atomic E-state index is -0.115. The number of benzene rings is 1. The molecule has 2 aromatic rings. The molecule has 3 nitrogen and oxygen atoms in total. The van der Waals surface area contributed by atoms with E-state index in [2.05, 4.69) is 71.3 Å². The second kappa shape index (κ2) is 7.05. The van der Waals surface area contributed by atoms with Crippen molar-refractivity contribution in [1.29, 1.82) is 0 Å². The van der Waals surface area contributed by atoms with E-state index in [1.165, 1.54) is 11.1 Å². The Morgan fingerprint density at radius 3 is 2.57 bits per heavy atom. The lowest BCUT2D eigenvalue weighted by Crippen LogP contribution is -2.18. The van der Waals surface area contributed by atoms with Gasteiger partial charge in [0.2, 0.25) is 0 Å². The van der Waals surface area contributed by atoms with Gasteiger partial charge in [-0.1, -0.05) is 24.3 Å². The van der Waals surface area contributed by atoms with Gasteiger partial charge in [-0.3, -0.25) is 0 Å². The molecule has 0 spiro atoms. The van der Waals surface area contributed by atoms with Crippen LogP contribution in [0.25, 0.3) is 0 Å². The Kier molecular flexibility index (Phi) is 5.37. The molecule has 0 aliphatic heterocycles. The molecule has 1 N–H and O–H groups in total. The summed E-state index contributed by atoms with van der Waals surface area (Å²) in [6.45, 7) is 7.58. The fraction of sp³-hybridized carbons (Fsp3) is 0.353. The molecule has 0 bridgehead atoms. The highest BCUT2D eigenvalue weighted by Gasteiger charge is 2.10. The van der Waals surface area contributed by atoms with Crippen LogP contribution in [0, 0.1) is 0 Å². The Balaban J connectivity index is 1.93. The Bertz CT molecular complexity index is 576. The molecule has 0 aliphatic carbocycles. The minimum Gasteiger partial charge on any atom is -0.371 e. The monoisotopic (exact) mass is 348 g/mol. The van der Waals surface area contributed by atoms with Crippen LogP contribution in [0.2, 0.25) is 0 Å². The van der Waals surface area contributed by atoms with Gasteiger partial charge >= 0.3 is 0 Å². The van der Waals surface area contributed by atoms with Crippen LogP contribution in [-0.2, 0) is 17.9 Å². The SMILES string of the molecule is CC(C)(C)OCc1cccc(CNc2ccc(Br)cn2)c1. The van der Waals surface area contributed by atoms with E-state index in [0.29, 0.717) is 6.61 Å². The number of ether oxygens (including phenoxy) is 1. The molecule has 112 valence electrons. The van der Waals surface area contributed by atoms with E-state index in [1.807, 2.05) is 12.1 Å². The number of aromatic nitrogens is 1. The zero-order valence-corrected chi connectivity index (χ0v) is 14.3. The van der Waals surface area contributed by atoms with Crippen LogP contribution in [0.1, 0.15) is 31.9 Å². The molecule has 2 rings (SSSR count). The van der Waals surface area contributed by atoms with Crippen LogP contribution in [0.4, 0.5) is 5.82 Å². The van der Waals surface area contributed by atoms with E-state index < -0.39 is 0 Å².